The van der Waals surface area contributed by atoms with E-state index in [-0.39, 0.29) is 12.6 Å². The molecule has 0 amide bonds. The lowest BCUT2D eigenvalue weighted by atomic mass is 10.1. The molecule has 0 saturated carbocycles. The summed E-state index contributed by atoms with van der Waals surface area (Å²) in [5.41, 5.74) is 5.98. The van der Waals surface area contributed by atoms with E-state index < -0.39 is 11.6 Å². The first-order chi connectivity index (χ1) is 11.6. The van der Waals surface area contributed by atoms with Crippen LogP contribution in [-0.4, -0.2) is 46.1 Å². The van der Waals surface area contributed by atoms with Gasteiger partial charge in [0, 0.05) is 43.9 Å². The Hall–Kier alpha value is -1.90. The number of nitrogens with two attached hydrogens (primary N) is 1. The maximum absolute atomic E-state index is 13.9. The van der Waals surface area contributed by atoms with E-state index in [1.54, 1.807) is 0 Å². The van der Waals surface area contributed by atoms with Gasteiger partial charge in [0.1, 0.15) is 11.6 Å². The number of aromatic nitrogens is 2. The Morgan fingerprint density at radius 3 is 2.62 bits per heavy atom. The van der Waals surface area contributed by atoms with Crippen molar-refractivity contribution in [3.63, 3.8) is 0 Å². The highest BCUT2D eigenvalue weighted by atomic mass is 19.1. The molecule has 8 heteroatoms. The van der Waals surface area contributed by atoms with E-state index in [1.807, 2.05) is 6.92 Å². The summed E-state index contributed by atoms with van der Waals surface area (Å²) in [6.45, 7) is 6.01. The maximum Gasteiger partial charge on any atom is 0.240 e. The second-order valence-electron chi connectivity index (χ2n) is 5.96. The molecule has 1 saturated heterocycles. The largest absolute Gasteiger partial charge is 0.338 e. The second-order valence-corrected chi connectivity index (χ2v) is 5.96. The monoisotopic (exact) mass is 337 g/mol. The van der Waals surface area contributed by atoms with E-state index in [4.69, 9.17) is 10.3 Å². The van der Waals surface area contributed by atoms with Crippen LogP contribution in [0.15, 0.2) is 22.7 Å². The maximum atomic E-state index is 13.9. The van der Waals surface area contributed by atoms with Crippen LogP contribution in [0.4, 0.5) is 8.78 Å². The molecule has 0 aliphatic carbocycles. The first kappa shape index (κ1) is 16.9. The Kier molecular flexibility index (Phi) is 5.17. The zero-order valence-corrected chi connectivity index (χ0v) is 13.6. The average molecular weight is 337 g/mol. The highest BCUT2D eigenvalue weighted by Gasteiger charge is 2.24. The molecule has 24 heavy (non-hydrogen) atoms. The summed E-state index contributed by atoms with van der Waals surface area (Å²) in [5, 5.41) is 3.90. The first-order valence-electron chi connectivity index (χ1n) is 7.99. The van der Waals surface area contributed by atoms with Gasteiger partial charge in [-0.1, -0.05) is 11.2 Å². The van der Waals surface area contributed by atoms with E-state index in [1.165, 1.54) is 12.1 Å². The number of hydrogen-bond acceptors (Lipinski definition) is 6. The third kappa shape index (κ3) is 3.77. The van der Waals surface area contributed by atoms with Gasteiger partial charge in [0.25, 0.3) is 0 Å². The number of benzene rings is 1. The van der Waals surface area contributed by atoms with Gasteiger partial charge in [0.15, 0.2) is 5.82 Å². The molecule has 1 aromatic heterocycles. The van der Waals surface area contributed by atoms with E-state index in [0.29, 0.717) is 23.8 Å². The van der Waals surface area contributed by atoms with E-state index in [0.717, 1.165) is 32.2 Å². The zero-order valence-electron chi connectivity index (χ0n) is 13.6. The molecule has 1 unspecified atom stereocenters. The molecule has 0 radical (unpaired) electrons. The summed E-state index contributed by atoms with van der Waals surface area (Å²) in [7, 11) is 0. The molecule has 3 rings (SSSR count). The molecular formula is C16H21F2N5O. The topological polar surface area (TPSA) is 71.4 Å². The van der Waals surface area contributed by atoms with Gasteiger partial charge in [-0.15, -0.1) is 0 Å². The Morgan fingerprint density at radius 1 is 1.25 bits per heavy atom. The summed E-state index contributed by atoms with van der Waals surface area (Å²) >= 11 is 0. The molecule has 0 spiro atoms. The van der Waals surface area contributed by atoms with Crippen LogP contribution in [0, 0.1) is 11.6 Å². The van der Waals surface area contributed by atoms with Gasteiger partial charge in [-0.05, 0) is 13.0 Å². The minimum Gasteiger partial charge on any atom is -0.338 e. The van der Waals surface area contributed by atoms with Crippen LogP contribution in [0.5, 0.6) is 0 Å². The van der Waals surface area contributed by atoms with E-state index >= 15 is 0 Å². The zero-order chi connectivity index (χ0) is 17.1. The average Bonchev–Trinajstić information content (AvgIpc) is 3.03. The van der Waals surface area contributed by atoms with Crippen molar-refractivity contribution in [3.05, 3.63) is 47.1 Å². The Labute approximate surface area is 139 Å². The highest BCUT2D eigenvalue weighted by molar-refractivity contribution is 5.22. The first-order valence-corrected chi connectivity index (χ1v) is 7.99. The van der Waals surface area contributed by atoms with Crippen molar-refractivity contribution >= 4 is 0 Å². The summed E-state index contributed by atoms with van der Waals surface area (Å²) < 4.78 is 32.0. The van der Waals surface area contributed by atoms with Gasteiger partial charge in [-0.2, -0.15) is 4.98 Å². The van der Waals surface area contributed by atoms with Crippen molar-refractivity contribution in [1.29, 1.82) is 0 Å². The van der Waals surface area contributed by atoms with Crippen molar-refractivity contribution in [2.24, 2.45) is 5.73 Å². The molecule has 1 aliphatic rings. The lowest BCUT2D eigenvalue weighted by Gasteiger charge is -2.37. The lowest BCUT2D eigenvalue weighted by Crippen LogP contribution is -2.46. The van der Waals surface area contributed by atoms with Gasteiger partial charge in [-0.25, -0.2) is 8.78 Å². The van der Waals surface area contributed by atoms with E-state index in [9.17, 15) is 8.78 Å². The van der Waals surface area contributed by atoms with Crippen molar-refractivity contribution in [2.75, 3.05) is 26.2 Å². The minimum absolute atomic E-state index is 0.0956. The van der Waals surface area contributed by atoms with Crippen molar-refractivity contribution < 1.29 is 13.3 Å². The third-order valence-electron chi connectivity index (χ3n) is 4.42. The summed E-state index contributed by atoms with van der Waals surface area (Å²) in [5.74, 6) is 0.0156. The smallest absolute Gasteiger partial charge is 0.240 e. The standard InChI is InChI=1S/C16H21F2N5O/c1-11(13-3-2-12(17)8-14(13)18)23-6-4-22(5-7-23)10-15-20-16(9-19)24-21-15/h2-3,8,11H,4-7,9-10,19H2,1H3. The number of nitrogens with zero attached hydrogens (tertiary/aromatic N) is 4. The quantitative estimate of drug-likeness (QED) is 0.895. The SMILES string of the molecule is CC(c1ccc(F)cc1F)N1CCN(Cc2noc(CN)n2)CC1. The predicted molar refractivity (Wildman–Crippen MR) is 83.8 cm³/mol. The fourth-order valence-corrected chi connectivity index (χ4v) is 2.98. The molecule has 6 nitrogen and oxygen atoms in total. The number of rotatable bonds is 5. The van der Waals surface area contributed by atoms with E-state index in [2.05, 4.69) is 19.9 Å². The lowest BCUT2D eigenvalue weighted by molar-refractivity contribution is 0.0943. The third-order valence-corrected chi connectivity index (χ3v) is 4.42. The Balaban J connectivity index is 1.56. The van der Waals surface area contributed by atoms with Crippen LogP contribution in [0.1, 0.15) is 30.2 Å². The molecule has 2 heterocycles. The number of halogens is 2. The molecule has 130 valence electrons. The van der Waals surface area contributed by atoms with Crippen molar-refractivity contribution in [3.8, 4) is 0 Å². The molecule has 1 aliphatic heterocycles. The fraction of sp³-hybridized carbons (Fsp3) is 0.500. The van der Waals surface area contributed by atoms with Crippen molar-refractivity contribution in [2.45, 2.75) is 26.1 Å². The molecule has 1 fully saturated rings. The van der Waals surface area contributed by atoms with Gasteiger partial charge in [0.2, 0.25) is 5.89 Å². The van der Waals surface area contributed by atoms with Gasteiger partial charge < -0.3 is 10.3 Å². The Morgan fingerprint density at radius 2 is 2.00 bits per heavy atom. The normalized spacial score (nSPS) is 18.0. The van der Waals surface area contributed by atoms with Crippen LogP contribution in [0.25, 0.3) is 0 Å². The second kappa shape index (κ2) is 7.33. The molecular weight excluding hydrogens is 316 g/mol. The summed E-state index contributed by atoms with van der Waals surface area (Å²) in [6.07, 6.45) is 0. The fourth-order valence-electron chi connectivity index (χ4n) is 2.98. The van der Waals surface area contributed by atoms with Crippen LogP contribution in [-0.2, 0) is 13.1 Å². The summed E-state index contributed by atoms with van der Waals surface area (Å²) in [4.78, 5) is 8.61. The molecule has 1 aromatic carbocycles. The molecule has 2 N–H and O–H groups in total. The van der Waals surface area contributed by atoms with Crippen molar-refractivity contribution in [1.82, 2.24) is 19.9 Å². The predicted octanol–water partition coefficient (Wildman–Crippen LogP) is 1.69. The van der Waals surface area contributed by atoms with Crippen LogP contribution >= 0.6 is 0 Å². The minimum atomic E-state index is -0.551. The molecule has 2 aromatic rings. The van der Waals surface area contributed by atoms with Gasteiger partial charge >= 0.3 is 0 Å². The van der Waals surface area contributed by atoms with Crippen LogP contribution < -0.4 is 5.73 Å². The summed E-state index contributed by atoms with van der Waals surface area (Å²) in [6, 6.07) is 3.67. The van der Waals surface area contributed by atoms with Gasteiger partial charge in [0.05, 0.1) is 13.1 Å². The number of hydrogen-bond donors (Lipinski definition) is 1. The van der Waals surface area contributed by atoms with Crippen LogP contribution in [0.3, 0.4) is 0 Å². The van der Waals surface area contributed by atoms with Gasteiger partial charge in [-0.3, -0.25) is 9.80 Å². The number of piperazine rings is 1. The van der Waals surface area contributed by atoms with Crippen LogP contribution in [0.2, 0.25) is 0 Å². The Bertz CT molecular complexity index is 685. The molecule has 0 bridgehead atoms. The highest BCUT2D eigenvalue weighted by Crippen LogP contribution is 2.24. The molecule has 1 atom stereocenters.